The molecular formula is C12H14F2N4O2. The molecule has 2 aromatic heterocycles. The van der Waals surface area contributed by atoms with Crippen LogP contribution in [0.5, 0.6) is 0 Å². The van der Waals surface area contributed by atoms with Crippen LogP contribution < -0.4 is 11.1 Å². The van der Waals surface area contributed by atoms with Crippen molar-refractivity contribution in [2.75, 3.05) is 13.1 Å². The third-order valence-electron chi connectivity index (χ3n) is 2.80. The van der Waals surface area contributed by atoms with Gasteiger partial charge in [0.05, 0.1) is 29.7 Å². The minimum Gasteiger partial charge on any atom is -0.346 e. The fourth-order valence-corrected chi connectivity index (χ4v) is 1.77. The van der Waals surface area contributed by atoms with Crippen molar-refractivity contribution in [3.63, 3.8) is 0 Å². The molecule has 2 rings (SSSR count). The van der Waals surface area contributed by atoms with Crippen LogP contribution >= 0.6 is 0 Å². The minimum atomic E-state index is -3.14. The van der Waals surface area contributed by atoms with E-state index >= 15 is 0 Å². The molecule has 0 saturated carbocycles. The van der Waals surface area contributed by atoms with Crippen LogP contribution in [0.4, 0.5) is 8.78 Å². The number of fused-ring (bicyclic) bond motifs is 1. The molecule has 0 spiro atoms. The normalized spacial score (nSPS) is 11.8. The summed E-state index contributed by atoms with van der Waals surface area (Å²) in [6.45, 7) is 1.66. The van der Waals surface area contributed by atoms with Crippen LogP contribution in [0.3, 0.4) is 0 Å². The van der Waals surface area contributed by atoms with Crippen LogP contribution in [0.15, 0.2) is 10.6 Å². The second-order valence-electron chi connectivity index (χ2n) is 4.50. The van der Waals surface area contributed by atoms with E-state index in [0.717, 1.165) is 0 Å². The predicted octanol–water partition coefficient (Wildman–Crippen LogP) is 1.16. The standard InChI is InChI=1S/C12H14F2N4O2/c1-6-3-8(9-7(2)18-20-11(9)17-6)10(19)16-5-12(13,14)4-15/h3H,4-5,15H2,1-2H3,(H,16,19). The molecule has 0 unspecified atom stereocenters. The van der Waals surface area contributed by atoms with Crippen LogP contribution in [-0.2, 0) is 0 Å². The zero-order valence-electron chi connectivity index (χ0n) is 11.0. The van der Waals surface area contributed by atoms with Crippen LogP contribution in [0.2, 0.25) is 0 Å². The first-order chi connectivity index (χ1) is 9.34. The van der Waals surface area contributed by atoms with Gasteiger partial charge in [0.15, 0.2) is 0 Å². The number of nitrogens with one attached hydrogen (secondary N) is 1. The Kier molecular flexibility index (Phi) is 3.67. The molecule has 0 aliphatic rings. The lowest BCUT2D eigenvalue weighted by molar-refractivity contribution is 0.0119. The van der Waals surface area contributed by atoms with Crippen molar-refractivity contribution in [3.8, 4) is 0 Å². The topological polar surface area (TPSA) is 94.0 Å². The lowest BCUT2D eigenvalue weighted by atomic mass is 10.1. The molecule has 0 aliphatic heterocycles. The molecule has 0 aromatic carbocycles. The summed E-state index contributed by atoms with van der Waals surface area (Å²) >= 11 is 0. The van der Waals surface area contributed by atoms with E-state index in [1.165, 1.54) is 6.07 Å². The molecule has 0 saturated heterocycles. The SMILES string of the molecule is Cc1cc(C(=O)NCC(F)(F)CN)c2c(C)noc2n1. The van der Waals surface area contributed by atoms with Crippen LogP contribution in [0.1, 0.15) is 21.7 Å². The predicted molar refractivity (Wildman–Crippen MR) is 67.6 cm³/mol. The molecule has 6 nitrogen and oxygen atoms in total. The summed E-state index contributed by atoms with van der Waals surface area (Å²) in [7, 11) is 0. The number of pyridine rings is 1. The van der Waals surface area contributed by atoms with Gasteiger partial charge in [-0.05, 0) is 19.9 Å². The number of nitrogens with zero attached hydrogens (tertiary/aromatic N) is 2. The molecule has 2 heterocycles. The van der Waals surface area contributed by atoms with Crippen molar-refractivity contribution in [3.05, 3.63) is 23.0 Å². The lowest BCUT2D eigenvalue weighted by Crippen LogP contribution is -2.41. The summed E-state index contributed by atoms with van der Waals surface area (Å²) in [5, 5.41) is 6.30. The quantitative estimate of drug-likeness (QED) is 0.878. The van der Waals surface area contributed by atoms with Gasteiger partial charge in [-0.3, -0.25) is 4.79 Å². The van der Waals surface area contributed by atoms with Crippen molar-refractivity contribution in [1.82, 2.24) is 15.5 Å². The molecule has 1 amide bonds. The highest BCUT2D eigenvalue weighted by Crippen LogP contribution is 2.22. The number of halogens is 2. The van der Waals surface area contributed by atoms with Gasteiger partial charge in [0.2, 0.25) is 0 Å². The van der Waals surface area contributed by atoms with E-state index in [1.807, 2.05) is 0 Å². The molecule has 0 radical (unpaired) electrons. The van der Waals surface area contributed by atoms with Gasteiger partial charge < -0.3 is 15.6 Å². The van der Waals surface area contributed by atoms with Gasteiger partial charge in [-0.15, -0.1) is 0 Å². The number of hydrogen-bond donors (Lipinski definition) is 2. The summed E-state index contributed by atoms with van der Waals surface area (Å²) in [4.78, 5) is 16.1. The van der Waals surface area contributed by atoms with E-state index < -0.39 is 24.9 Å². The summed E-state index contributed by atoms with van der Waals surface area (Å²) < 4.78 is 31.1. The molecule has 20 heavy (non-hydrogen) atoms. The van der Waals surface area contributed by atoms with E-state index in [9.17, 15) is 13.6 Å². The molecule has 3 N–H and O–H groups in total. The van der Waals surface area contributed by atoms with Gasteiger partial charge in [-0.2, -0.15) is 0 Å². The third kappa shape index (κ3) is 2.74. The van der Waals surface area contributed by atoms with Crippen molar-refractivity contribution in [2.24, 2.45) is 5.73 Å². The van der Waals surface area contributed by atoms with Crippen LogP contribution in [0.25, 0.3) is 11.1 Å². The fourth-order valence-electron chi connectivity index (χ4n) is 1.77. The highest BCUT2D eigenvalue weighted by molar-refractivity contribution is 6.06. The Hall–Kier alpha value is -2.09. The Morgan fingerprint density at radius 3 is 2.85 bits per heavy atom. The average molecular weight is 284 g/mol. The first-order valence-corrected chi connectivity index (χ1v) is 5.94. The maximum absolute atomic E-state index is 13.1. The first-order valence-electron chi connectivity index (χ1n) is 5.94. The second-order valence-corrected chi connectivity index (χ2v) is 4.50. The van der Waals surface area contributed by atoms with Gasteiger partial charge in [0.25, 0.3) is 17.5 Å². The van der Waals surface area contributed by atoms with E-state index in [0.29, 0.717) is 16.8 Å². The van der Waals surface area contributed by atoms with E-state index in [-0.39, 0.29) is 11.3 Å². The average Bonchev–Trinajstić information content (AvgIpc) is 2.76. The van der Waals surface area contributed by atoms with Gasteiger partial charge in [-0.1, -0.05) is 5.16 Å². The molecule has 108 valence electrons. The first kappa shape index (κ1) is 14.3. The number of nitrogens with two attached hydrogens (primary N) is 1. The Morgan fingerprint density at radius 1 is 1.50 bits per heavy atom. The smallest absolute Gasteiger partial charge is 0.277 e. The number of aromatic nitrogens is 2. The zero-order chi connectivity index (χ0) is 14.9. The molecule has 2 aromatic rings. The number of carbonyl (C=O) groups excluding carboxylic acids is 1. The maximum Gasteiger partial charge on any atom is 0.277 e. The maximum atomic E-state index is 13.1. The van der Waals surface area contributed by atoms with E-state index in [1.54, 1.807) is 13.8 Å². The Labute approximate surface area is 113 Å². The monoisotopic (exact) mass is 284 g/mol. The van der Waals surface area contributed by atoms with Crippen molar-refractivity contribution >= 4 is 17.0 Å². The van der Waals surface area contributed by atoms with Crippen LogP contribution in [0, 0.1) is 13.8 Å². The number of rotatable bonds is 4. The van der Waals surface area contributed by atoms with Gasteiger partial charge in [0, 0.05) is 5.69 Å². The number of alkyl halides is 2. The zero-order valence-corrected chi connectivity index (χ0v) is 11.0. The summed E-state index contributed by atoms with van der Waals surface area (Å²) in [5.74, 6) is -3.78. The second kappa shape index (κ2) is 5.12. The fraction of sp³-hybridized carbons (Fsp3) is 0.417. The Bertz CT molecular complexity index is 654. The van der Waals surface area contributed by atoms with Crippen molar-refractivity contribution < 1.29 is 18.1 Å². The Balaban J connectivity index is 2.32. The Morgan fingerprint density at radius 2 is 2.20 bits per heavy atom. The molecular weight excluding hydrogens is 270 g/mol. The highest BCUT2D eigenvalue weighted by Gasteiger charge is 2.28. The number of hydrogen-bond acceptors (Lipinski definition) is 5. The van der Waals surface area contributed by atoms with Gasteiger partial charge in [-0.25, -0.2) is 13.8 Å². The largest absolute Gasteiger partial charge is 0.346 e. The third-order valence-corrected chi connectivity index (χ3v) is 2.80. The lowest BCUT2D eigenvalue weighted by Gasteiger charge is -2.14. The highest BCUT2D eigenvalue weighted by atomic mass is 19.3. The molecule has 0 bridgehead atoms. The van der Waals surface area contributed by atoms with E-state index in [4.69, 9.17) is 10.3 Å². The summed E-state index contributed by atoms with van der Waals surface area (Å²) in [6, 6.07) is 1.50. The number of carbonyl (C=O) groups is 1. The summed E-state index contributed by atoms with van der Waals surface area (Å²) in [5.41, 5.74) is 6.34. The number of aryl methyl sites for hydroxylation is 2. The van der Waals surface area contributed by atoms with Crippen molar-refractivity contribution in [1.29, 1.82) is 0 Å². The van der Waals surface area contributed by atoms with Crippen molar-refractivity contribution in [2.45, 2.75) is 19.8 Å². The van der Waals surface area contributed by atoms with Gasteiger partial charge in [0.1, 0.15) is 0 Å². The van der Waals surface area contributed by atoms with E-state index in [2.05, 4.69) is 15.5 Å². The molecule has 0 atom stereocenters. The molecule has 0 aliphatic carbocycles. The number of amides is 1. The van der Waals surface area contributed by atoms with Crippen LogP contribution in [-0.4, -0.2) is 35.1 Å². The summed E-state index contributed by atoms with van der Waals surface area (Å²) in [6.07, 6.45) is 0. The molecule has 8 heteroatoms. The minimum absolute atomic E-state index is 0.207. The van der Waals surface area contributed by atoms with Gasteiger partial charge >= 0.3 is 0 Å². The molecule has 0 fully saturated rings.